The van der Waals surface area contributed by atoms with Crippen molar-refractivity contribution in [3.05, 3.63) is 68.7 Å². The smallest absolute Gasteiger partial charge is 0.258 e. The molecule has 26 heavy (non-hydrogen) atoms. The summed E-state index contributed by atoms with van der Waals surface area (Å²) in [5.41, 5.74) is 2.06. The maximum Gasteiger partial charge on any atom is 0.258 e. The largest absolute Gasteiger partial charge is 0.503 e. The van der Waals surface area contributed by atoms with Crippen molar-refractivity contribution in [2.75, 3.05) is 6.61 Å². The topological polar surface area (TPSA) is 63.8 Å². The Balaban J connectivity index is 2.08. The molecule has 1 aromatic carbocycles. The summed E-state index contributed by atoms with van der Waals surface area (Å²) in [6, 6.07) is 9.95. The number of phenolic OH excluding ortho intramolecular Hbond substituents is 1. The quantitative estimate of drug-likeness (QED) is 0.712. The Morgan fingerprint density at radius 3 is 2.85 bits per heavy atom. The molecule has 0 spiro atoms. The molecule has 0 aliphatic carbocycles. The molecule has 3 rings (SSSR count). The fourth-order valence-corrected chi connectivity index (χ4v) is 3.04. The van der Waals surface area contributed by atoms with Crippen molar-refractivity contribution in [3.8, 4) is 11.5 Å². The lowest BCUT2D eigenvalue weighted by Gasteiger charge is -2.09. The molecule has 0 saturated heterocycles. The summed E-state index contributed by atoms with van der Waals surface area (Å²) in [6.45, 7) is 4.02. The third kappa shape index (κ3) is 3.54. The summed E-state index contributed by atoms with van der Waals surface area (Å²) >= 11 is 12.4. The van der Waals surface area contributed by atoms with Gasteiger partial charge in [-0.2, -0.15) is 0 Å². The van der Waals surface area contributed by atoms with Crippen LogP contribution >= 0.6 is 23.2 Å². The van der Waals surface area contributed by atoms with Crippen LogP contribution in [0.15, 0.2) is 41.2 Å². The van der Waals surface area contributed by atoms with Crippen LogP contribution in [0.25, 0.3) is 16.8 Å². The van der Waals surface area contributed by atoms with Crippen LogP contribution in [0.1, 0.15) is 23.9 Å². The minimum absolute atomic E-state index is 0.126. The molecule has 3 aromatic rings. The number of pyridine rings is 1. The first-order valence-corrected chi connectivity index (χ1v) is 8.68. The lowest BCUT2D eigenvalue weighted by atomic mass is 10.1. The molecule has 0 unspecified atom stereocenters. The lowest BCUT2D eigenvalue weighted by Crippen LogP contribution is -2.17. The van der Waals surface area contributed by atoms with Crippen molar-refractivity contribution in [3.63, 3.8) is 0 Å². The lowest BCUT2D eigenvalue weighted by molar-refractivity contribution is 0.318. The van der Waals surface area contributed by atoms with Crippen molar-refractivity contribution in [1.29, 1.82) is 0 Å². The maximum atomic E-state index is 12.4. The van der Waals surface area contributed by atoms with Crippen molar-refractivity contribution in [1.82, 2.24) is 9.38 Å². The summed E-state index contributed by atoms with van der Waals surface area (Å²) in [5.74, 6) is 0.136. The number of phenols is 1. The van der Waals surface area contributed by atoms with Crippen LogP contribution in [0, 0.1) is 6.92 Å². The van der Waals surface area contributed by atoms with Gasteiger partial charge in [0.05, 0.1) is 22.4 Å². The molecule has 0 aliphatic heterocycles. The Labute approximate surface area is 160 Å². The molecule has 2 aromatic heterocycles. The zero-order valence-electron chi connectivity index (χ0n) is 14.2. The molecule has 5 nitrogen and oxygen atoms in total. The fourth-order valence-electron chi connectivity index (χ4n) is 2.60. The second kappa shape index (κ2) is 7.40. The molecule has 134 valence electrons. The molecule has 0 fully saturated rings. The van der Waals surface area contributed by atoms with E-state index >= 15 is 0 Å². The molecule has 7 heteroatoms. The number of hydrogen-bond acceptors (Lipinski definition) is 4. The van der Waals surface area contributed by atoms with Gasteiger partial charge in [0.2, 0.25) is 0 Å². The monoisotopic (exact) mass is 390 g/mol. The van der Waals surface area contributed by atoms with E-state index < -0.39 is 0 Å². The zero-order chi connectivity index (χ0) is 18.8. The minimum Gasteiger partial charge on any atom is -0.503 e. The van der Waals surface area contributed by atoms with E-state index in [-0.39, 0.29) is 27.1 Å². The normalized spacial score (nSPS) is 11.8. The SMILES string of the molecule is CCOc1cc(/C=C(\Cl)c2cc(=O)n3c(C)cccc3n2)cc(Cl)c1O. The highest BCUT2D eigenvalue weighted by molar-refractivity contribution is 6.51. The first-order valence-electron chi connectivity index (χ1n) is 7.93. The second-order valence-corrected chi connectivity index (χ2v) is 6.43. The van der Waals surface area contributed by atoms with E-state index in [1.165, 1.54) is 10.5 Å². The first-order chi connectivity index (χ1) is 12.4. The van der Waals surface area contributed by atoms with E-state index in [0.29, 0.717) is 23.5 Å². The predicted octanol–water partition coefficient (Wildman–Crippen LogP) is 4.50. The molecular weight excluding hydrogens is 375 g/mol. The highest BCUT2D eigenvalue weighted by Crippen LogP contribution is 2.36. The van der Waals surface area contributed by atoms with Gasteiger partial charge in [-0.05, 0) is 49.8 Å². The van der Waals surface area contributed by atoms with Crippen LogP contribution in [0.4, 0.5) is 0 Å². The Bertz CT molecular complexity index is 1070. The number of aryl methyl sites for hydroxylation is 1. The van der Waals surface area contributed by atoms with Gasteiger partial charge in [-0.15, -0.1) is 0 Å². The van der Waals surface area contributed by atoms with Gasteiger partial charge in [-0.3, -0.25) is 9.20 Å². The average molecular weight is 391 g/mol. The summed E-state index contributed by atoms with van der Waals surface area (Å²) in [5, 5.41) is 10.3. The standard InChI is InChI=1S/C19H16Cl2N2O3/c1-3-26-16-9-12(8-14(21)19(16)25)7-13(20)15-10-18(24)23-11(2)5-4-6-17(23)22-15/h4-10,25H,3H2,1-2H3/b13-7-. The third-order valence-corrected chi connectivity index (χ3v) is 4.36. The van der Waals surface area contributed by atoms with Crippen LogP contribution in [-0.4, -0.2) is 21.1 Å². The summed E-state index contributed by atoms with van der Waals surface area (Å²) < 4.78 is 6.87. The van der Waals surface area contributed by atoms with Gasteiger partial charge in [0.25, 0.3) is 5.56 Å². The van der Waals surface area contributed by atoms with Gasteiger partial charge in [0.15, 0.2) is 11.5 Å². The van der Waals surface area contributed by atoms with E-state index in [1.54, 1.807) is 31.2 Å². The summed E-state index contributed by atoms with van der Waals surface area (Å²) in [4.78, 5) is 16.8. The molecule has 2 heterocycles. The maximum absolute atomic E-state index is 12.4. The molecule has 0 aliphatic rings. The number of rotatable bonds is 4. The Morgan fingerprint density at radius 1 is 1.35 bits per heavy atom. The van der Waals surface area contributed by atoms with Crippen LogP contribution < -0.4 is 10.3 Å². The van der Waals surface area contributed by atoms with E-state index in [4.69, 9.17) is 27.9 Å². The zero-order valence-corrected chi connectivity index (χ0v) is 15.7. The minimum atomic E-state index is -0.214. The van der Waals surface area contributed by atoms with Crippen molar-refractivity contribution in [2.24, 2.45) is 0 Å². The van der Waals surface area contributed by atoms with Gasteiger partial charge in [0, 0.05) is 11.8 Å². The molecule has 0 atom stereocenters. The molecule has 0 amide bonds. The molecule has 0 bridgehead atoms. The number of fused-ring (bicyclic) bond motifs is 1. The number of aromatic nitrogens is 2. The van der Waals surface area contributed by atoms with Crippen LogP contribution in [-0.2, 0) is 0 Å². The van der Waals surface area contributed by atoms with Crippen molar-refractivity contribution in [2.45, 2.75) is 13.8 Å². The van der Waals surface area contributed by atoms with Gasteiger partial charge < -0.3 is 9.84 Å². The Kier molecular flexibility index (Phi) is 5.20. The van der Waals surface area contributed by atoms with E-state index in [2.05, 4.69) is 4.98 Å². The summed E-state index contributed by atoms with van der Waals surface area (Å²) in [7, 11) is 0. The molecule has 0 radical (unpaired) electrons. The molecule has 0 saturated carbocycles. The number of ether oxygens (including phenoxy) is 1. The van der Waals surface area contributed by atoms with Crippen LogP contribution in [0.5, 0.6) is 11.5 Å². The van der Waals surface area contributed by atoms with Crippen molar-refractivity contribution >= 4 is 40.0 Å². The fraction of sp³-hybridized carbons (Fsp3) is 0.158. The van der Waals surface area contributed by atoms with E-state index in [1.807, 2.05) is 19.1 Å². The number of benzene rings is 1. The molecular formula is C19H16Cl2N2O3. The highest BCUT2D eigenvalue weighted by Gasteiger charge is 2.11. The number of aromatic hydroxyl groups is 1. The van der Waals surface area contributed by atoms with E-state index in [9.17, 15) is 9.90 Å². The van der Waals surface area contributed by atoms with Crippen LogP contribution in [0.2, 0.25) is 5.02 Å². The number of nitrogens with zero attached hydrogens (tertiary/aromatic N) is 2. The van der Waals surface area contributed by atoms with Gasteiger partial charge in [-0.1, -0.05) is 29.3 Å². The first kappa shape index (κ1) is 18.3. The predicted molar refractivity (Wildman–Crippen MR) is 104 cm³/mol. The van der Waals surface area contributed by atoms with E-state index in [0.717, 1.165) is 5.69 Å². The van der Waals surface area contributed by atoms with Crippen molar-refractivity contribution < 1.29 is 9.84 Å². The molecule has 1 N–H and O–H groups in total. The van der Waals surface area contributed by atoms with Gasteiger partial charge in [0.1, 0.15) is 5.65 Å². The van der Waals surface area contributed by atoms with Gasteiger partial charge >= 0.3 is 0 Å². The van der Waals surface area contributed by atoms with Crippen LogP contribution in [0.3, 0.4) is 0 Å². The highest BCUT2D eigenvalue weighted by atomic mass is 35.5. The summed E-state index contributed by atoms with van der Waals surface area (Å²) in [6.07, 6.45) is 1.61. The number of hydrogen-bond donors (Lipinski definition) is 1. The Hall–Kier alpha value is -2.50. The number of halogens is 2. The second-order valence-electron chi connectivity index (χ2n) is 5.62. The Morgan fingerprint density at radius 2 is 2.12 bits per heavy atom. The third-order valence-electron chi connectivity index (χ3n) is 3.77. The average Bonchev–Trinajstić information content (AvgIpc) is 2.59. The van der Waals surface area contributed by atoms with Gasteiger partial charge in [-0.25, -0.2) is 4.98 Å².